The lowest BCUT2D eigenvalue weighted by Gasteiger charge is -2.21. The average molecular weight is 777 g/mol. The maximum atomic E-state index is 12.5. The molecular formula is C41H77O11P. The first-order chi connectivity index (χ1) is 25.5. The van der Waals surface area contributed by atoms with Gasteiger partial charge in [-0.15, -0.1) is 0 Å². The van der Waals surface area contributed by atoms with E-state index >= 15 is 0 Å². The van der Waals surface area contributed by atoms with Crippen molar-refractivity contribution in [2.75, 3.05) is 13.2 Å². The van der Waals surface area contributed by atoms with E-state index in [1.807, 2.05) is 6.08 Å². The summed E-state index contributed by atoms with van der Waals surface area (Å²) in [5.74, 6) is -1.31. The van der Waals surface area contributed by atoms with Crippen molar-refractivity contribution < 1.29 is 53.3 Å². The van der Waals surface area contributed by atoms with Crippen molar-refractivity contribution in [1.29, 1.82) is 0 Å². The Morgan fingerprint density at radius 3 is 1.72 bits per heavy atom. The molecule has 1 saturated carbocycles. The van der Waals surface area contributed by atoms with Gasteiger partial charge in [-0.25, -0.2) is 4.57 Å². The molecule has 1 aliphatic carbocycles. The second-order valence-electron chi connectivity index (χ2n) is 15.3. The van der Waals surface area contributed by atoms with Crippen LogP contribution < -0.4 is 0 Å². The smallest absolute Gasteiger partial charge is 0.462 e. The first-order valence-electron chi connectivity index (χ1n) is 21.2. The van der Waals surface area contributed by atoms with Gasteiger partial charge >= 0.3 is 19.8 Å². The summed E-state index contributed by atoms with van der Waals surface area (Å²) >= 11 is 0. The van der Waals surface area contributed by atoms with Gasteiger partial charge in [-0.05, 0) is 31.6 Å². The SMILES string of the molecule is CCCCCCCCCCCCCCCCCC(=O)OC[C@H](COP(=O)(O)O)OC(=O)CCCCCC[C@@H]1[C@@H](/C=C/[C@@H](O)CCCCC)[C@H](O)C[C@@H]1O. The second kappa shape index (κ2) is 31.8. The highest BCUT2D eigenvalue weighted by Crippen LogP contribution is 2.38. The van der Waals surface area contributed by atoms with Gasteiger partial charge in [0, 0.05) is 25.2 Å². The number of phosphoric ester groups is 1. The molecule has 0 aromatic rings. The normalized spacial score (nSPS) is 20.2. The maximum absolute atomic E-state index is 12.5. The Labute approximate surface area is 321 Å². The van der Waals surface area contributed by atoms with Crippen molar-refractivity contribution in [2.24, 2.45) is 11.8 Å². The Kier molecular flexibility index (Phi) is 29.8. The molecule has 0 unspecified atom stereocenters. The van der Waals surface area contributed by atoms with Crippen LogP contribution in [0.5, 0.6) is 0 Å². The van der Waals surface area contributed by atoms with Crippen LogP contribution in [0.25, 0.3) is 0 Å². The van der Waals surface area contributed by atoms with Gasteiger partial charge in [-0.1, -0.05) is 154 Å². The summed E-state index contributed by atoms with van der Waals surface area (Å²) < 4.78 is 26.4. The molecule has 0 spiro atoms. The molecule has 12 heteroatoms. The van der Waals surface area contributed by atoms with E-state index in [9.17, 15) is 29.5 Å². The lowest BCUT2D eigenvalue weighted by molar-refractivity contribution is -0.161. The molecule has 53 heavy (non-hydrogen) atoms. The number of phosphoric acid groups is 1. The number of rotatable bonds is 35. The minimum absolute atomic E-state index is 0.0888. The zero-order valence-corrected chi connectivity index (χ0v) is 34.2. The number of carbonyl (C=O) groups is 2. The van der Waals surface area contributed by atoms with Gasteiger partial charge in [0.15, 0.2) is 6.10 Å². The Balaban J connectivity index is 2.25. The minimum Gasteiger partial charge on any atom is -0.462 e. The van der Waals surface area contributed by atoms with Crippen LogP contribution in [0, 0.1) is 11.8 Å². The summed E-state index contributed by atoms with van der Waals surface area (Å²) in [5, 5.41) is 31.2. The molecule has 0 amide bonds. The van der Waals surface area contributed by atoms with E-state index in [0.29, 0.717) is 25.7 Å². The molecule has 0 aliphatic heterocycles. The Morgan fingerprint density at radius 1 is 0.679 bits per heavy atom. The van der Waals surface area contributed by atoms with Crippen molar-refractivity contribution in [3.8, 4) is 0 Å². The third-order valence-corrected chi connectivity index (χ3v) is 10.9. The van der Waals surface area contributed by atoms with Gasteiger partial charge < -0.3 is 34.6 Å². The van der Waals surface area contributed by atoms with Gasteiger partial charge in [0.1, 0.15) is 6.61 Å². The van der Waals surface area contributed by atoms with Crippen molar-refractivity contribution in [2.45, 2.75) is 212 Å². The highest BCUT2D eigenvalue weighted by molar-refractivity contribution is 7.46. The Morgan fingerprint density at radius 2 is 1.17 bits per heavy atom. The average Bonchev–Trinajstić information content (AvgIpc) is 3.38. The fourth-order valence-corrected chi connectivity index (χ4v) is 7.54. The van der Waals surface area contributed by atoms with Crippen LogP contribution in [0.15, 0.2) is 12.2 Å². The maximum Gasteiger partial charge on any atom is 0.469 e. The van der Waals surface area contributed by atoms with E-state index in [4.69, 9.17) is 19.3 Å². The molecular weight excluding hydrogens is 699 g/mol. The van der Waals surface area contributed by atoms with Crippen LogP contribution in [0.4, 0.5) is 0 Å². The monoisotopic (exact) mass is 777 g/mol. The summed E-state index contributed by atoms with van der Waals surface area (Å²) in [6.07, 6.45) is 27.1. The number of aliphatic hydroxyl groups excluding tert-OH is 3. The van der Waals surface area contributed by atoms with Gasteiger partial charge in [0.05, 0.1) is 24.9 Å². The van der Waals surface area contributed by atoms with Crippen LogP contribution >= 0.6 is 7.82 Å². The van der Waals surface area contributed by atoms with E-state index in [1.54, 1.807) is 6.08 Å². The predicted molar refractivity (Wildman–Crippen MR) is 209 cm³/mol. The van der Waals surface area contributed by atoms with E-state index in [1.165, 1.54) is 70.6 Å². The predicted octanol–water partition coefficient (Wildman–Crippen LogP) is 9.01. The molecule has 0 bridgehead atoms. The van der Waals surface area contributed by atoms with E-state index in [2.05, 4.69) is 18.4 Å². The first kappa shape index (κ1) is 49.7. The third-order valence-electron chi connectivity index (χ3n) is 10.4. The summed E-state index contributed by atoms with van der Waals surface area (Å²) in [6, 6.07) is 0. The van der Waals surface area contributed by atoms with Crippen LogP contribution in [0.2, 0.25) is 0 Å². The summed E-state index contributed by atoms with van der Waals surface area (Å²) in [4.78, 5) is 43.1. The number of esters is 2. The third kappa shape index (κ3) is 27.8. The number of aliphatic hydroxyl groups is 3. The highest BCUT2D eigenvalue weighted by atomic mass is 31.2. The molecule has 6 atom stereocenters. The molecule has 0 heterocycles. The van der Waals surface area contributed by atoms with E-state index in [-0.39, 0.29) is 31.3 Å². The minimum atomic E-state index is -4.81. The number of carbonyl (C=O) groups excluding carboxylic acids is 2. The summed E-state index contributed by atoms with van der Waals surface area (Å²) in [7, 11) is -4.81. The van der Waals surface area contributed by atoms with E-state index < -0.39 is 50.8 Å². The van der Waals surface area contributed by atoms with Gasteiger partial charge in [-0.2, -0.15) is 0 Å². The van der Waals surface area contributed by atoms with Crippen LogP contribution in [-0.4, -0.2) is 74.7 Å². The quantitative estimate of drug-likeness (QED) is 0.0179. The van der Waals surface area contributed by atoms with Crippen molar-refractivity contribution in [3.63, 3.8) is 0 Å². The molecule has 0 saturated heterocycles. The van der Waals surface area contributed by atoms with Crippen molar-refractivity contribution in [1.82, 2.24) is 0 Å². The molecule has 0 aromatic heterocycles. The molecule has 1 rings (SSSR count). The number of hydrogen-bond acceptors (Lipinski definition) is 9. The number of hydrogen-bond donors (Lipinski definition) is 5. The Bertz CT molecular complexity index is 987. The molecule has 1 aliphatic rings. The second-order valence-corrected chi connectivity index (χ2v) is 16.5. The van der Waals surface area contributed by atoms with Crippen LogP contribution in [-0.2, 0) is 28.2 Å². The van der Waals surface area contributed by atoms with Crippen LogP contribution in [0.1, 0.15) is 187 Å². The topological polar surface area (TPSA) is 180 Å². The fraction of sp³-hybridized carbons (Fsp3) is 0.902. The molecule has 0 radical (unpaired) electrons. The lowest BCUT2D eigenvalue weighted by atomic mass is 9.88. The summed E-state index contributed by atoms with van der Waals surface area (Å²) in [5.41, 5.74) is 0. The zero-order valence-electron chi connectivity index (χ0n) is 33.3. The standard InChI is InChI=1S/C41H77O11P/c1-3-5-7-8-9-10-11-12-13-14-15-16-17-18-23-27-40(45)50-32-35(33-51-53(47,48)49)52-41(46)28-24-20-19-22-26-36-37(39(44)31-38(36)43)30-29-34(42)25-21-6-4-2/h29-30,34-39,42-44H,3-28,31-33H2,1-2H3,(H2,47,48,49)/b30-29+/t34-,35+,36+,37+,38-,39+/m0/s1. The highest BCUT2D eigenvalue weighted by Gasteiger charge is 2.39. The largest absolute Gasteiger partial charge is 0.469 e. The number of ether oxygens (including phenoxy) is 2. The van der Waals surface area contributed by atoms with Crippen molar-refractivity contribution in [3.05, 3.63) is 12.2 Å². The van der Waals surface area contributed by atoms with E-state index in [0.717, 1.165) is 64.2 Å². The Hall–Kier alpha value is -1.33. The van der Waals surface area contributed by atoms with Gasteiger partial charge in [0.2, 0.25) is 0 Å². The van der Waals surface area contributed by atoms with Gasteiger partial charge in [0.25, 0.3) is 0 Å². The molecule has 11 nitrogen and oxygen atoms in total. The van der Waals surface area contributed by atoms with Gasteiger partial charge in [-0.3, -0.25) is 14.1 Å². The fourth-order valence-electron chi connectivity index (χ4n) is 7.18. The first-order valence-corrected chi connectivity index (χ1v) is 22.8. The van der Waals surface area contributed by atoms with Crippen molar-refractivity contribution >= 4 is 19.8 Å². The molecule has 5 N–H and O–H groups in total. The van der Waals surface area contributed by atoms with Crippen LogP contribution in [0.3, 0.4) is 0 Å². The zero-order chi connectivity index (χ0) is 39.2. The summed E-state index contributed by atoms with van der Waals surface area (Å²) in [6.45, 7) is 3.42. The molecule has 1 fully saturated rings. The lowest BCUT2D eigenvalue weighted by Crippen LogP contribution is -2.29. The number of unbranched alkanes of at least 4 members (excludes halogenated alkanes) is 19. The molecule has 0 aromatic carbocycles. The molecule has 312 valence electrons.